The van der Waals surface area contributed by atoms with Crippen molar-refractivity contribution in [1.82, 2.24) is 9.88 Å². The first-order valence-corrected chi connectivity index (χ1v) is 5.04. The number of nitrogens with two attached hydrogens (primary N) is 1. The van der Waals surface area contributed by atoms with Crippen LogP contribution in [0, 0.1) is 0 Å². The molecule has 4 nitrogen and oxygen atoms in total. The smallest absolute Gasteiger partial charge is 0.125 e. The Bertz CT molecular complexity index is 320. The zero-order chi connectivity index (χ0) is 11.5. The van der Waals surface area contributed by atoms with E-state index in [2.05, 4.69) is 43.1 Å². The molecular formula is C11H20N4. The molecular weight excluding hydrogens is 188 g/mol. The molecule has 1 aromatic rings. The van der Waals surface area contributed by atoms with E-state index in [4.69, 9.17) is 5.73 Å². The van der Waals surface area contributed by atoms with Gasteiger partial charge in [-0.1, -0.05) is 0 Å². The quantitative estimate of drug-likeness (QED) is 0.785. The van der Waals surface area contributed by atoms with Crippen LogP contribution in [-0.4, -0.2) is 36.1 Å². The van der Waals surface area contributed by atoms with Crippen LogP contribution in [0.5, 0.6) is 0 Å². The highest BCUT2D eigenvalue weighted by atomic mass is 15.2. The largest absolute Gasteiger partial charge is 0.384 e. The van der Waals surface area contributed by atoms with Crippen LogP contribution in [0.2, 0.25) is 0 Å². The molecule has 0 aliphatic heterocycles. The highest BCUT2D eigenvalue weighted by Crippen LogP contribution is 2.14. The summed E-state index contributed by atoms with van der Waals surface area (Å²) in [5.41, 5.74) is 6.72. The van der Waals surface area contributed by atoms with Gasteiger partial charge in [0.1, 0.15) is 5.82 Å². The van der Waals surface area contributed by atoms with Crippen LogP contribution < -0.4 is 11.1 Å². The van der Waals surface area contributed by atoms with E-state index < -0.39 is 0 Å². The Hall–Kier alpha value is -1.29. The van der Waals surface area contributed by atoms with Gasteiger partial charge in [0, 0.05) is 30.0 Å². The highest BCUT2D eigenvalue weighted by Gasteiger charge is 2.19. The lowest BCUT2D eigenvalue weighted by atomic mass is 10.0. The van der Waals surface area contributed by atoms with Crippen LogP contribution in [0.15, 0.2) is 18.3 Å². The summed E-state index contributed by atoms with van der Waals surface area (Å²) in [6, 6.07) is 3.76. The number of anilines is 2. The van der Waals surface area contributed by atoms with Crippen LogP contribution in [0.25, 0.3) is 0 Å². The summed E-state index contributed by atoms with van der Waals surface area (Å²) >= 11 is 0. The second-order valence-corrected chi connectivity index (χ2v) is 4.53. The molecule has 3 N–H and O–H groups in total. The summed E-state index contributed by atoms with van der Waals surface area (Å²) in [6.07, 6.45) is 1.71. The molecule has 0 fully saturated rings. The summed E-state index contributed by atoms with van der Waals surface area (Å²) in [6.45, 7) is 5.23. The van der Waals surface area contributed by atoms with E-state index in [0.717, 1.165) is 12.2 Å². The molecule has 0 spiro atoms. The maximum absolute atomic E-state index is 5.60. The minimum atomic E-state index is 0.109. The zero-order valence-corrected chi connectivity index (χ0v) is 9.91. The first-order chi connectivity index (χ1) is 6.92. The molecule has 1 aromatic heterocycles. The minimum absolute atomic E-state index is 0.109. The lowest BCUT2D eigenvalue weighted by Crippen LogP contribution is -2.44. The van der Waals surface area contributed by atoms with E-state index in [0.29, 0.717) is 5.82 Å². The molecule has 0 aliphatic carbocycles. The van der Waals surface area contributed by atoms with Crippen molar-refractivity contribution in [2.24, 2.45) is 0 Å². The number of aromatic nitrogens is 1. The molecule has 0 saturated carbocycles. The van der Waals surface area contributed by atoms with E-state index >= 15 is 0 Å². The van der Waals surface area contributed by atoms with Crippen molar-refractivity contribution >= 4 is 11.5 Å². The van der Waals surface area contributed by atoms with E-state index in [1.807, 2.05) is 12.1 Å². The lowest BCUT2D eigenvalue weighted by molar-refractivity contribution is 0.210. The van der Waals surface area contributed by atoms with Crippen molar-refractivity contribution in [1.29, 1.82) is 0 Å². The topological polar surface area (TPSA) is 54.2 Å². The Morgan fingerprint density at radius 1 is 1.47 bits per heavy atom. The SMILES string of the molecule is CN(C)C(C)(C)CNc1ccnc(N)c1. The predicted molar refractivity (Wildman–Crippen MR) is 64.9 cm³/mol. The van der Waals surface area contributed by atoms with Gasteiger partial charge in [0.15, 0.2) is 0 Å². The summed E-state index contributed by atoms with van der Waals surface area (Å²) < 4.78 is 0. The fraction of sp³-hybridized carbons (Fsp3) is 0.545. The predicted octanol–water partition coefficient (Wildman–Crippen LogP) is 1.42. The first-order valence-electron chi connectivity index (χ1n) is 5.04. The third kappa shape index (κ3) is 3.40. The van der Waals surface area contributed by atoms with Gasteiger partial charge in [-0.25, -0.2) is 4.98 Å². The van der Waals surface area contributed by atoms with Crippen molar-refractivity contribution in [3.8, 4) is 0 Å². The van der Waals surface area contributed by atoms with Crippen LogP contribution in [0.1, 0.15) is 13.8 Å². The normalized spacial score (nSPS) is 11.8. The zero-order valence-electron chi connectivity index (χ0n) is 9.91. The first kappa shape index (κ1) is 11.8. The van der Waals surface area contributed by atoms with Crippen molar-refractivity contribution in [3.05, 3.63) is 18.3 Å². The van der Waals surface area contributed by atoms with Crippen LogP contribution in [-0.2, 0) is 0 Å². The van der Waals surface area contributed by atoms with Crippen LogP contribution in [0.3, 0.4) is 0 Å². The molecule has 0 aliphatic rings. The number of likely N-dealkylation sites (N-methyl/N-ethyl adjacent to an activating group) is 1. The Morgan fingerprint density at radius 3 is 2.67 bits per heavy atom. The minimum Gasteiger partial charge on any atom is -0.384 e. The highest BCUT2D eigenvalue weighted by molar-refractivity contribution is 5.49. The molecule has 0 saturated heterocycles. The van der Waals surface area contributed by atoms with Crippen LogP contribution in [0.4, 0.5) is 11.5 Å². The number of pyridine rings is 1. The molecule has 0 atom stereocenters. The van der Waals surface area contributed by atoms with Gasteiger partial charge in [0.25, 0.3) is 0 Å². The number of hydrogen-bond acceptors (Lipinski definition) is 4. The summed E-state index contributed by atoms with van der Waals surface area (Å²) in [5, 5.41) is 3.35. The van der Waals surface area contributed by atoms with Crippen LogP contribution >= 0.6 is 0 Å². The summed E-state index contributed by atoms with van der Waals surface area (Å²) in [5.74, 6) is 0.544. The monoisotopic (exact) mass is 208 g/mol. The number of nitrogen functional groups attached to an aromatic ring is 1. The van der Waals surface area contributed by atoms with E-state index in [-0.39, 0.29) is 5.54 Å². The Labute approximate surface area is 91.5 Å². The Morgan fingerprint density at radius 2 is 2.13 bits per heavy atom. The fourth-order valence-electron chi connectivity index (χ4n) is 1.03. The molecule has 15 heavy (non-hydrogen) atoms. The number of hydrogen-bond donors (Lipinski definition) is 2. The second-order valence-electron chi connectivity index (χ2n) is 4.53. The van der Waals surface area contributed by atoms with Gasteiger partial charge in [-0.05, 0) is 34.0 Å². The van der Waals surface area contributed by atoms with Gasteiger partial charge in [0.05, 0.1) is 0 Å². The number of nitrogens with one attached hydrogen (secondary N) is 1. The average Bonchev–Trinajstić information content (AvgIpc) is 2.15. The van der Waals surface area contributed by atoms with Crippen molar-refractivity contribution < 1.29 is 0 Å². The van der Waals surface area contributed by atoms with Gasteiger partial charge < -0.3 is 16.0 Å². The number of rotatable bonds is 4. The van der Waals surface area contributed by atoms with Gasteiger partial charge >= 0.3 is 0 Å². The molecule has 0 unspecified atom stereocenters. The summed E-state index contributed by atoms with van der Waals surface area (Å²) in [4.78, 5) is 6.13. The molecule has 84 valence electrons. The van der Waals surface area contributed by atoms with Crippen molar-refractivity contribution in [2.75, 3.05) is 31.7 Å². The molecule has 0 bridgehead atoms. The average molecular weight is 208 g/mol. The maximum atomic E-state index is 5.60. The third-order valence-electron chi connectivity index (χ3n) is 2.72. The van der Waals surface area contributed by atoms with Gasteiger partial charge in [-0.3, -0.25) is 0 Å². The standard InChI is InChI=1S/C11H20N4/c1-11(2,15(3)4)8-14-9-5-6-13-10(12)7-9/h5-7H,8H2,1-4H3,(H3,12,13,14). The maximum Gasteiger partial charge on any atom is 0.125 e. The van der Waals surface area contributed by atoms with E-state index in [9.17, 15) is 0 Å². The van der Waals surface area contributed by atoms with Gasteiger partial charge in [0.2, 0.25) is 0 Å². The molecule has 0 amide bonds. The van der Waals surface area contributed by atoms with Crippen molar-refractivity contribution in [2.45, 2.75) is 19.4 Å². The molecule has 0 aromatic carbocycles. The number of nitrogens with zero attached hydrogens (tertiary/aromatic N) is 2. The van der Waals surface area contributed by atoms with Gasteiger partial charge in [-0.15, -0.1) is 0 Å². The van der Waals surface area contributed by atoms with Gasteiger partial charge in [-0.2, -0.15) is 0 Å². The fourth-order valence-corrected chi connectivity index (χ4v) is 1.03. The second kappa shape index (κ2) is 4.49. The lowest BCUT2D eigenvalue weighted by Gasteiger charge is -2.33. The molecule has 1 rings (SSSR count). The summed E-state index contributed by atoms with van der Waals surface area (Å²) in [7, 11) is 4.14. The molecule has 4 heteroatoms. The Kier molecular flexibility index (Phi) is 3.52. The van der Waals surface area contributed by atoms with Crippen molar-refractivity contribution in [3.63, 3.8) is 0 Å². The van der Waals surface area contributed by atoms with E-state index in [1.54, 1.807) is 6.20 Å². The third-order valence-corrected chi connectivity index (χ3v) is 2.72. The molecule has 0 radical (unpaired) electrons. The molecule has 1 heterocycles. The van der Waals surface area contributed by atoms with E-state index in [1.165, 1.54) is 0 Å². The Balaban J connectivity index is 2.57.